The molecule has 0 aliphatic rings. The molecule has 0 saturated heterocycles. The van der Waals surface area contributed by atoms with E-state index < -0.39 is 0 Å². The summed E-state index contributed by atoms with van der Waals surface area (Å²) in [6, 6.07) is 15.3. The van der Waals surface area contributed by atoms with E-state index in [2.05, 4.69) is 20.4 Å². The van der Waals surface area contributed by atoms with Crippen molar-refractivity contribution in [1.29, 1.82) is 0 Å². The van der Waals surface area contributed by atoms with Crippen LogP contribution in [0.3, 0.4) is 0 Å². The monoisotopic (exact) mass is 365 g/mol. The maximum Gasteiger partial charge on any atom is 0.168 e. The van der Waals surface area contributed by atoms with Gasteiger partial charge in [-0.05, 0) is 30.3 Å². The first-order chi connectivity index (χ1) is 12.8. The maximum absolute atomic E-state index is 5.97. The molecule has 0 aliphatic carbocycles. The first-order valence-corrected chi connectivity index (χ1v) is 8.44. The van der Waals surface area contributed by atoms with Gasteiger partial charge in [0.25, 0.3) is 0 Å². The molecular formula is C19H16ClN5O. The predicted octanol–water partition coefficient (Wildman–Crippen LogP) is 4.09. The Kier molecular flexibility index (Phi) is 4.41. The van der Waals surface area contributed by atoms with Gasteiger partial charge in [0.15, 0.2) is 5.65 Å². The van der Waals surface area contributed by atoms with Crippen molar-refractivity contribution >= 4 is 28.5 Å². The smallest absolute Gasteiger partial charge is 0.168 e. The van der Waals surface area contributed by atoms with Crippen molar-refractivity contribution in [2.45, 2.75) is 6.54 Å². The first kappa shape index (κ1) is 16.4. The van der Waals surface area contributed by atoms with Crippen molar-refractivity contribution in [3.63, 3.8) is 0 Å². The van der Waals surface area contributed by atoms with Crippen LogP contribution in [0.1, 0.15) is 5.56 Å². The molecule has 2 heterocycles. The fourth-order valence-electron chi connectivity index (χ4n) is 2.78. The summed E-state index contributed by atoms with van der Waals surface area (Å²) in [6.07, 6.45) is 3.29. The van der Waals surface area contributed by atoms with Crippen LogP contribution in [-0.4, -0.2) is 26.9 Å². The van der Waals surface area contributed by atoms with E-state index in [-0.39, 0.29) is 0 Å². The second-order valence-corrected chi connectivity index (χ2v) is 6.09. The predicted molar refractivity (Wildman–Crippen MR) is 102 cm³/mol. The lowest BCUT2D eigenvalue weighted by Crippen LogP contribution is -2.04. The summed E-state index contributed by atoms with van der Waals surface area (Å²) in [6.45, 7) is 0.586. The molecular weight excluding hydrogens is 350 g/mol. The number of nitrogens with one attached hydrogen (secondary N) is 1. The van der Waals surface area contributed by atoms with Crippen LogP contribution < -0.4 is 10.1 Å². The van der Waals surface area contributed by atoms with Crippen LogP contribution in [-0.2, 0) is 6.54 Å². The number of nitrogens with zero attached hydrogens (tertiary/aromatic N) is 4. The molecule has 0 spiro atoms. The number of ether oxygens (including phenoxy) is 1. The van der Waals surface area contributed by atoms with E-state index in [1.807, 2.05) is 48.5 Å². The SMILES string of the molecule is COc1ccccc1CNc1ncnc2c1cnn2-c1ccc(Cl)cc1. The Morgan fingerprint density at radius 3 is 2.69 bits per heavy atom. The standard InChI is InChI=1S/C19H16ClN5O/c1-26-17-5-3-2-4-13(17)10-21-18-16-11-24-25(19(16)23-12-22-18)15-8-6-14(20)7-9-15/h2-9,11-12H,10H2,1H3,(H,21,22,23). The summed E-state index contributed by atoms with van der Waals surface area (Å²) in [5, 5.41) is 9.32. The molecule has 6 nitrogen and oxygen atoms in total. The number of para-hydroxylation sites is 1. The molecule has 2 aromatic carbocycles. The van der Waals surface area contributed by atoms with Gasteiger partial charge in [-0.1, -0.05) is 29.8 Å². The van der Waals surface area contributed by atoms with E-state index in [9.17, 15) is 0 Å². The average Bonchev–Trinajstić information content (AvgIpc) is 3.12. The van der Waals surface area contributed by atoms with E-state index in [1.165, 1.54) is 6.33 Å². The van der Waals surface area contributed by atoms with Gasteiger partial charge in [0, 0.05) is 17.1 Å². The zero-order valence-corrected chi connectivity index (χ0v) is 14.8. The molecule has 0 saturated carbocycles. The Bertz CT molecular complexity index is 1050. The zero-order chi connectivity index (χ0) is 17.9. The maximum atomic E-state index is 5.97. The fraction of sp³-hybridized carbons (Fsp3) is 0.105. The number of halogens is 1. The van der Waals surface area contributed by atoms with Gasteiger partial charge in [-0.3, -0.25) is 0 Å². The molecule has 1 N–H and O–H groups in total. The third-order valence-electron chi connectivity index (χ3n) is 4.08. The Morgan fingerprint density at radius 1 is 1.08 bits per heavy atom. The van der Waals surface area contributed by atoms with Crippen molar-refractivity contribution in [2.75, 3.05) is 12.4 Å². The molecule has 0 atom stereocenters. The van der Waals surface area contributed by atoms with Crippen molar-refractivity contribution in [3.8, 4) is 11.4 Å². The lowest BCUT2D eigenvalue weighted by molar-refractivity contribution is 0.410. The quantitative estimate of drug-likeness (QED) is 0.577. The van der Waals surface area contributed by atoms with Crippen LogP contribution in [0.15, 0.2) is 61.1 Å². The minimum Gasteiger partial charge on any atom is -0.496 e. The van der Waals surface area contributed by atoms with Gasteiger partial charge >= 0.3 is 0 Å². The summed E-state index contributed by atoms with van der Waals surface area (Å²) < 4.78 is 7.16. The number of methoxy groups -OCH3 is 1. The Morgan fingerprint density at radius 2 is 1.88 bits per heavy atom. The molecule has 26 heavy (non-hydrogen) atoms. The lowest BCUT2D eigenvalue weighted by atomic mass is 10.2. The number of fused-ring (bicyclic) bond motifs is 1. The number of rotatable bonds is 5. The Balaban J connectivity index is 1.66. The summed E-state index contributed by atoms with van der Waals surface area (Å²) in [5.41, 5.74) is 2.66. The van der Waals surface area contributed by atoms with E-state index >= 15 is 0 Å². The molecule has 0 radical (unpaired) electrons. The Labute approximate surface area is 155 Å². The molecule has 7 heteroatoms. The summed E-state index contributed by atoms with van der Waals surface area (Å²) in [4.78, 5) is 8.74. The minimum absolute atomic E-state index is 0.586. The van der Waals surface area contributed by atoms with Crippen molar-refractivity contribution in [2.24, 2.45) is 0 Å². The molecule has 0 fully saturated rings. The second kappa shape index (κ2) is 7.01. The van der Waals surface area contributed by atoms with Gasteiger partial charge < -0.3 is 10.1 Å². The summed E-state index contributed by atoms with van der Waals surface area (Å²) >= 11 is 5.97. The normalized spacial score (nSPS) is 10.8. The lowest BCUT2D eigenvalue weighted by Gasteiger charge is -2.10. The van der Waals surface area contributed by atoms with Gasteiger partial charge in [-0.2, -0.15) is 5.10 Å². The van der Waals surface area contributed by atoms with Crippen LogP contribution in [0.25, 0.3) is 16.7 Å². The highest BCUT2D eigenvalue weighted by molar-refractivity contribution is 6.30. The molecule has 130 valence electrons. The van der Waals surface area contributed by atoms with Crippen molar-refractivity contribution in [1.82, 2.24) is 19.7 Å². The third kappa shape index (κ3) is 3.07. The Hall–Kier alpha value is -3.12. The third-order valence-corrected chi connectivity index (χ3v) is 4.33. The van der Waals surface area contributed by atoms with Crippen molar-refractivity contribution in [3.05, 3.63) is 71.6 Å². The van der Waals surface area contributed by atoms with Crippen LogP contribution in [0.5, 0.6) is 5.75 Å². The van der Waals surface area contributed by atoms with Gasteiger partial charge in [0.1, 0.15) is 17.9 Å². The fourth-order valence-corrected chi connectivity index (χ4v) is 2.91. The van der Waals surface area contributed by atoms with Gasteiger partial charge in [-0.15, -0.1) is 0 Å². The average molecular weight is 366 g/mol. The highest BCUT2D eigenvalue weighted by atomic mass is 35.5. The first-order valence-electron chi connectivity index (χ1n) is 8.06. The van der Waals surface area contributed by atoms with Crippen LogP contribution in [0, 0.1) is 0 Å². The van der Waals surface area contributed by atoms with Crippen LogP contribution in [0.2, 0.25) is 5.02 Å². The zero-order valence-electron chi connectivity index (χ0n) is 14.1. The number of aromatic nitrogens is 4. The molecule has 0 aliphatic heterocycles. The van der Waals surface area contributed by atoms with E-state index in [0.717, 1.165) is 33.9 Å². The van der Waals surface area contributed by atoms with E-state index in [4.69, 9.17) is 16.3 Å². The largest absolute Gasteiger partial charge is 0.496 e. The van der Waals surface area contributed by atoms with Gasteiger partial charge in [0.2, 0.25) is 0 Å². The van der Waals surface area contributed by atoms with E-state index in [1.54, 1.807) is 18.0 Å². The van der Waals surface area contributed by atoms with E-state index in [0.29, 0.717) is 11.6 Å². The summed E-state index contributed by atoms with van der Waals surface area (Å²) in [7, 11) is 1.66. The topological polar surface area (TPSA) is 64.9 Å². The highest BCUT2D eigenvalue weighted by Crippen LogP contribution is 2.24. The minimum atomic E-state index is 0.586. The number of benzene rings is 2. The van der Waals surface area contributed by atoms with Gasteiger partial charge in [0.05, 0.1) is 24.4 Å². The van der Waals surface area contributed by atoms with Crippen LogP contribution in [0.4, 0.5) is 5.82 Å². The molecule has 2 aromatic heterocycles. The number of hydrogen-bond acceptors (Lipinski definition) is 5. The molecule has 4 aromatic rings. The number of anilines is 1. The molecule has 0 bridgehead atoms. The highest BCUT2D eigenvalue weighted by Gasteiger charge is 2.11. The van der Waals surface area contributed by atoms with Crippen molar-refractivity contribution < 1.29 is 4.74 Å². The molecule has 4 rings (SSSR count). The second-order valence-electron chi connectivity index (χ2n) is 5.66. The van der Waals surface area contributed by atoms with Gasteiger partial charge in [-0.25, -0.2) is 14.6 Å². The molecule has 0 unspecified atom stereocenters. The van der Waals surface area contributed by atoms with Crippen LogP contribution >= 0.6 is 11.6 Å². The molecule has 0 amide bonds. The number of hydrogen-bond donors (Lipinski definition) is 1. The summed E-state index contributed by atoms with van der Waals surface area (Å²) in [5.74, 6) is 1.56.